The van der Waals surface area contributed by atoms with Crippen molar-refractivity contribution in [2.45, 2.75) is 25.7 Å². The minimum Gasteiger partial charge on any atom is -0.497 e. The lowest BCUT2D eigenvalue weighted by molar-refractivity contribution is -0.127. The van der Waals surface area contributed by atoms with E-state index >= 15 is 0 Å². The molecule has 2 N–H and O–H groups in total. The molecule has 0 saturated carbocycles. The highest BCUT2D eigenvalue weighted by Crippen LogP contribution is 2.21. The Labute approximate surface area is 178 Å². The van der Waals surface area contributed by atoms with Crippen molar-refractivity contribution in [1.29, 1.82) is 0 Å². The number of rotatable bonds is 10. The van der Waals surface area contributed by atoms with Crippen LogP contribution in [0.2, 0.25) is 0 Å². The normalized spacial score (nSPS) is 12.3. The van der Waals surface area contributed by atoms with Crippen molar-refractivity contribution in [1.82, 2.24) is 15.5 Å². The Hall–Kier alpha value is -2.54. The number of aliphatic imine (C=N–C) groups is 1. The zero-order valence-electron chi connectivity index (χ0n) is 17.8. The van der Waals surface area contributed by atoms with E-state index in [1.54, 1.807) is 37.4 Å². The Morgan fingerprint density at radius 2 is 1.90 bits per heavy atom. The molecule has 0 fully saturated rings. The van der Waals surface area contributed by atoms with Crippen LogP contribution in [0.4, 0.5) is 0 Å². The molecule has 0 spiro atoms. The number of likely N-dealkylation sites (N-methyl/N-ethyl adjacent to an activating group) is 1. The third-order valence-corrected chi connectivity index (χ3v) is 5.61. The van der Waals surface area contributed by atoms with E-state index in [0.717, 1.165) is 31.7 Å². The lowest BCUT2D eigenvalue weighted by Crippen LogP contribution is -2.40. The number of carbonyl (C=O) groups excluding carboxylic acids is 1. The second-order valence-electron chi connectivity index (χ2n) is 7.10. The number of hydrogen-bond acceptors (Lipinski definition) is 4. The molecule has 2 rings (SSSR count). The number of ether oxygens (including phenoxy) is 1. The van der Waals surface area contributed by atoms with E-state index < -0.39 is 0 Å². The molecule has 158 valence electrons. The summed E-state index contributed by atoms with van der Waals surface area (Å²) in [5.41, 5.74) is 1.28. The van der Waals surface area contributed by atoms with Crippen LogP contribution in [0, 0.1) is 0 Å². The number of guanidine groups is 1. The highest BCUT2D eigenvalue weighted by atomic mass is 32.1. The first-order chi connectivity index (χ1) is 14.0. The maximum Gasteiger partial charge on any atom is 0.243 e. The molecule has 0 aliphatic rings. The first-order valence-electron chi connectivity index (χ1n) is 9.88. The van der Waals surface area contributed by atoms with E-state index in [0.29, 0.717) is 11.9 Å². The van der Waals surface area contributed by atoms with E-state index in [1.165, 1.54) is 10.4 Å². The molecule has 1 atom stereocenters. The highest BCUT2D eigenvalue weighted by molar-refractivity contribution is 7.09. The molecule has 0 saturated heterocycles. The number of benzene rings is 1. The Bertz CT molecular complexity index is 758. The van der Waals surface area contributed by atoms with Crippen LogP contribution in [0.3, 0.4) is 0 Å². The van der Waals surface area contributed by atoms with Gasteiger partial charge in [-0.2, -0.15) is 0 Å². The van der Waals surface area contributed by atoms with Gasteiger partial charge in [0.15, 0.2) is 5.96 Å². The molecule has 0 radical (unpaired) electrons. The van der Waals surface area contributed by atoms with E-state index in [4.69, 9.17) is 4.74 Å². The molecule has 6 nitrogen and oxygen atoms in total. The van der Waals surface area contributed by atoms with Crippen LogP contribution in [0.25, 0.3) is 0 Å². The predicted molar refractivity (Wildman–Crippen MR) is 121 cm³/mol. The van der Waals surface area contributed by atoms with Gasteiger partial charge in [-0.3, -0.25) is 4.79 Å². The predicted octanol–water partition coefficient (Wildman–Crippen LogP) is 3.12. The molecule has 1 aromatic heterocycles. The summed E-state index contributed by atoms with van der Waals surface area (Å²) in [6.07, 6.45) is 1.89. The fourth-order valence-corrected chi connectivity index (χ4v) is 3.44. The SMILES string of the molecule is COc1ccc(C(C)CCNC(=NCC(=O)N(C)C)NCCc2cccs2)cc1. The smallest absolute Gasteiger partial charge is 0.243 e. The molecule has 0 aliphatic heterocycles. The second-order valence-corrected chi connectivity index (χ2v) is 8.13. The van der Waals surface area contributed by atoms with E-state index in [-0.39, 0.29) is 12.5 Å². The highest BCUT2D eigenvalue weighted by Gasteiger charge is 2.08. The van der Waals surface area contributed by atoms with Crippen molar-refractivity contribution < 1.29 is 9.53 Å². The van der Waals surface area contributed by atoms with Gasteiger partial charge in [0.1, 0.15) is 12.3 Å². The maximum absolute atomic E-state index is 11.9. The average Bonchev–Trinajstić information content (AvgIpc) is 3.24. The number of thiophene rings is 1. The lowest BCUT2D eigenvalue weighted by Gasteiger charge is -2.16. The molecule has 1 aromatic carbocycles. The van der Waals surface area contributed by atoms with Gasteiger partial charge in [-0.15, -0.1) is 11.3 Å². The van der Waals surface area contributed by atoms with Crippen LogP contribution < -0.4 is 15.4 Å². The van der Waals surface area contributed by atoms with Crippen LogP contribution in [-0.4, -0.2) is 57.6 Å². The van der Waals surface area contributed by atoms with Gasteiger partial charge in [-0.25, -0.2) is 4.99 Å². The fourth-order valence-electron chi connectivity index (χ4n) is 2.73. The van der Waals surface area contributed by atoms with Gasteiger partial charge in [0.2, 0.25) is 5.91 Å². The number of nitrogens with zero attached hydrogens (tertiary/aromatic N) is 2. The first-order valence-corrected chi connectivity index (χ1v) is 10.8. The molecule has 29 heavy (non-hydrogen) atoms. The summed E-state index contributed by atoms with van der Waals surface area (Å²) in [5.74, 6) is 1.94. The summed E-state index contributed by atoms with van der Waals surface area (Å²) in [5, 5.41) is 8.79. The standard InChI is InChI=1S/C22H32N4O2S/c1-17(18-7-9-19(28-4)10-8-18)11-13-23-22(25-16-21(27)26(2)3)24-14-12-20-6-5-15-29-20/h5-10,15,17H,11-14,16H2,1-4H3,(H2,23,24,25). The third-order valence-electron chi connectivity index (χ3n) is 4.67. The summed E-state index contributed by atoms with van der Waals surface area (Å²) in [6, 6.07) is 12.4. The van der Waals surface area contributed by atoms with E-state index in [1.807, 2.05) is 12.1 Å². The van der Waals surface area contributed by atoms with Gasteiger partial charge in [-0.1, -0.05) is 25.1 Å². The molecular weight excluding hydrogens is 384 g/mol. The van der Waals surface area contributed by atoms with E-state index in [9.17, 15) is 4.79 Å². The second kappa shape index (κ2) is 12.1. The van der Waals surface area contributed by atoms with Crippen molar-refractivity contribution in [3.63, 3.8) is 0 Å². The number of amides is 1. The Balaban J connectivity index is 1.85. The van der Waals surface area contributed by atoms with Crippen molar-refractivity contribution in [3.8, 4) is 5.75 Å². The molecule has 0 aliphatic carbocycles. The summed E-state index contributed by atoms with van der Waals surface area (Å²) in [6.45, 7) is 3.89. The zero-order valence-corrected chi connectivity index (χ0v) is 18.6. The van der Waals surface area contributed by atoms with Gasteiger partial charge < -0.3 is 20.3 Å². The largest absolute Gasteiger partial charge is 0.497 e. The molecular formula is C22H32N4O2S. The van der Waals surface area contributed by atoms with Crippen LogP contribution in [-0.2, 0) is 11.2 Å². The number of hydrogen-bond donors (Lipinski definition) is 2. The van der Waals surface area contributed by atoms with Crippen molar-refractivity contribution in [3.05, 3.63) is 52.2 Å². The number of methoxy groups -OCH3 is 1. The van der Waals surface area contributed by atoms with Crippen molar-refractivity contribution in [2.75, 3.05) is 40.8 Å². The van der Waals surface area contributed by atoms with Crippen LogP contribution in [0.5, 0.6) is 5.75 Å². The quantitative estimate of drug-likeness (QED) is 0.461. The van der Waals surface area contributed by atoms with Crippen molar-refractivity contribution in [2.24, 2.45) is 4.99 Å². The Morgan fingerprint density at radius 3 is 2.52 bits per heavy atom. The van der Waals surface area contributed by atoms with Gasteiger partial charge in [0, 0.05) is 32.1 Å². The Kier molecular flexibility index (Phi) is 9.50. The van der Waals surface area contributed by atoms with Gasteiger partial charge in [0.25, 0.3) is 0 Å². The molecule has 1 amide bonds. The monoisotopic (exact) mass is 416 g/mol. The zero-order chi connectivity index (χ0) is 21.1. The summed E-state index contributed by atoms with van der Waals surface area (Å²) < 4.78 is 5.22. The minimum atomic E-state index is -0.0176. The molecule has 0 bridgehead atoms. The summed E-state index contributed by atoms with van der Waals surface area (Å²) in [7, 11) is 5.16. The van der Waals surface area contributed by atoms with Gasteiger partial charge >= 0.3 is 0 Å². The minimum absolute atomic E-state index is 0.0176. The van der Waals surface area contributed by atoms with Gasteiger partial charge in [0.05, 0.1) is 7.11 Å². The van der Waals surface area contributed by atoms with Crippen LogP contribution in [0.1, 0.15) is 29.7 Å². The lowest BCUT2D eigenvalue weighted by atomic mass is 9.98. The third kappa shape index (κ3) is 8.15. The average molecular weight is 417 g/mol. The fraction of sp³-hybridized carbons (Fsp3) is 0.455. The molecule has 7 heteroatoms. The topological polar surface area (TPSA) is 66.0 Å². The van der Waals surface area contributed by atoms with Crippen LogP contribution in [0.15, 0.2) is 46.8 Å². The summed E-state index contributed by atoms with van der Waals surface area (Å²) >= 11 is 1.75. The van der Waals surface area contributed by atoms with Crippen LogP contribution >= 0.6 is 11.3 Å². The van der Waals surface area contributed by atoms with E-state index in [2.05, 4.69) is 52.2 Å². The first kappa shape index (κ1) is 22.7. The van der Waals surface area contributed by atoms with Gasteiger partial charge in [-0.05, 0) is 47.9 Å². The number of carbonyl (C=O) groups is 1. The molecule has 1 unspecified atom stereocenters. The number of nitrogens with one attached hydrogen (secondary N) is 2. The molecule has 2 aromatic rings. The molecule has 1 heterocycles. The summed E-state index contributed by atoms with van der Waals surface area (Å²) in [4.78, 5) is 19.2. The Morgan fingerprint density at radius 1 is 1.17 bits per heavy atom. The maximum atomic E-state index is 11.9. The van der Waals surface area contributed by atoms with Crippen molar-refractivity contribution >= 4 is 23.2 Å².